The Balaban J connectivity index is 1.05. The van der Waals surface area contributed by atoms with Gasteiger partial charge in [0.1, 0.15) is 5.82 Å². The Labute approximate surface area is 329 Å². The zero-order valence-electron chi connectivity index (χ0n) is 31.4. The van der Waals surface area contributed by atoms with E-state index in [1.54, 1.807) is 0 Å². The van der Waals surface area contributed by atoms with Crippen LogP contribution in [-0.2, 0) is 0 Å². The zero-order chi connectivity index (χ0) is 37.0. The molecule has 0 saturated carbocycles. The van der Waals surface area contributed by atoms with Gasteiger partial charge in [-0.05, 0) is 120 Å². The molecular weight excluding hydrogens is 679 g/mol. The molecule has 2 aromatic heterocycles. The molecule has 5 aromatic carbocycles. The fourth-order valence-electron chi connectivity index (χ4n) is 9.65. The Bertz CT molecular complexity index is 2810. The summed E-state index contributed by atoms with van der Waals surface area (Å²) in [4.78, 5) is 8.02. The minimum Gasteiger partial charge on any atom is -0.334 e. The third-order valence-corrected chi connectivity index (χ3v) is 12.4. The van der Waals surface area contributed by atoms with Crippen LogP contribution in [0.25, 0.3) is 55.5 Å². The second-order valence-electron chi connectivity index (χ2n) is 15.7. The van der Waals surface area contributed by atoms with E-state index in [0.29, 0.717) is 17.9 Å². The van der Waals surface area contributed by atoms with Crippen LogP contribution in [0.1, 0.15) is 60.8 Å². The fourth-order valence-corrected chi connectivity index (χ4v) is 9.65. The van der Waals surface area contributed by atoms with E-state index in [-0.39, 0.29) is 0 Å². The molecule has 3 aliphatic carbocycles. The largest absolute Gasteiger partial charge is 0.334 e. The molecule has 4 aliphatic rings. The maximum Gasteiger partial charge on any atom is 0.138 e. The van der Waals surface area contributed by atoms with Gasteiger partial charge in [-0.25, -0.2) is 4.98 Å². The van der Waals surface area contributed by atoms with Crippen LogP contribution in [0.15, 0.2) is 182 Å². The van der Waals surface area contributed by atoms with Crippen LogP contribution in [0.5, 0.6) is 0 Å². The molecule has 0 spiro atoms. The van der Waals surface area contributed by atoms with Crippen LogP contribution in [0.4, 0.5) is 11.4 Å². The predicted octanol–water partition coefficient (Wildman–Crippen LogP) is 13.8. The predicted molar refractivity (Wildman–Crippen MR) is 235 cm³/mol. The Morgan fingerprint density at radius 3 is 2.36 bits per heavy atom. The Morgan fingerprint density at radius 1 is 0.589 bits per heavy atom. The van der Waals surface area contributed by atoms with Gasteiger partial charge in [0.05, 0.1) is 22.8 Å². The van der Waals surface area contributed by atoms with Crippen molar-refractivity contribution in [3.8, 4) is 28.1 Å². The summed E-state index contributed by atoms with van der Waals surface area (Å²) in [7, 11) is 0. The molecule has 11 rings (SSSR count). The molecule has 0 saturated heterocycles. The lowest BCUT2D eigenvalue weighted by Crippen LogP contribution is -2.29. The number of para-hydroxylation sites is 1. The van der Waals surface area contributed by atoms with Gasteiger partial charge >= 0.3 is 0 Å². The summed E-state index contributed by atoms with van der Waals surface area (Å²) in [6.07, 6.45) is 26.1. The number of pyridine rings is 1. The van der Waals surface area contributed by atoms with E-state index in [4.69, 9.17) is 4.98 Å². The van der Waals surface area contributed by atoms with Crippen LogP contribution in [-0.4, -0.2) is 15.6 Å². The van der Waals surface area contributed by atoms with Gasteiger partial charge in [-0.3, -0.25) is 4.57 Å². The summed E-state index contributed by atoms with van der Waals surface area (Å²) < 4.78 is 2.39. The lowest BCUT2D eigenvalue weighted by atomic mass is 9.85. The minimum atomic E-state index is 0.322. The zero-order valence-corrected chi connectivity index (χ0v) is 31.4. The molecule has 1 aliphatic heterocycles. The first kappa shape index (κ1) is 32.9. The fraction of sp³-hybridized carbons (Fsp3) is 0.151. The maximum absolute atomic E-state index is 5.42. The number of allylic oxidation sites excluding steroid dienone is 9. The van der Waals surface area contributed by atoms with E-state index in [0.717, 1.165) is 43.6 Å². The third-order valence-electron chi connectivity index (χ3n) is 12.4. The molecule has 0 radical (unpaired) electrons. The SMILES string of the molecule is C1=CCC(c2cccc(N3c4ccc(-c5ccc6c7ccccc7n(-c7cc(-c8ccccc8)cc(C8=CCCC=C8)n7)c6c5)cc4C4CCC=CC43)c2)C=C1. The first-order valence-electron chi connectivity index (χ1n) is 20.3. The van der Waals surface area contributed by atoms with E-state index in [1.807, 2.05) is 0 Å². The number of benzene rings is 5. The molecule has 0 fully saturated rings. The molecule has 3 unspecified atom stereocenters. The molecule has 3 nitrogen and oxygen atoms in total. The lowest BCUT2D eigenvalue weighted by molar-refractivity contribution is 0.573. The highest BCUT2D eigenvalue weighted by molar-refractivity contribution is 6.10. The summed E-state index contributed by atoms with van der Waals surface area (Å²) in [6, 6.07) is 47.9. The van der Waals surface area contributed by atoms with Gasteiger partial charge < -0.3 is 4.90 Å². The molecule has 56 heavy (non-hydrogen) atoms. The highest BCUT2D eigenvalue weighted by Crippen LogP contribution is 2.51. The van der Waals surface area contributed by atoms with Crippen molar-refractivity contribution in [2.75, 3.05) is 4.90 Å². The van der Waals surface area contributed by atoms with Gasteiger partial charge in [0.25, 0.3) is 0 Å². The third kappa shape index (κ3) is 5.61. The van der Waals surface area contributed by atoms with Crippen molar-refractivity contribution in [3.63, 3.8) is 0 Å². The highest BCUT2D eigenvalue weighted by Gasteiger charge is 2.39. The molecule has 0 bridgehead atoms. The van der Waals surface area contributed by atoms with Crippen molar-refractivity contribution >= 4 is 38.8 Å². The number of rotatable bonds is 6. The number of aromatic nitrogens is 2. The Hall–Kier alpha value is -6.45. The number of anilines is 2. The van der Waals surface area contributed by atoms with Gasteiger partial charge in [0, 0.05) is 34.0 Å². The van der Waals surface area contributed by atoms with E-state index in [9.17, 15) is 0 Å². The average molecular weight is 722 g/mol. The lowest BCUT2D eigenvalue weighted by Gasteiger charge is -2.31. The monoisotopic (exact) mass is 721 g/mol. The van der Waals surface area contributed by atoms with Crippen molar-refractivity contribution in [1.82, 2.24) is 9.55 Å². The van der Waals surface area contributed by atoms with E-state index in [2.05, 4.69) is 192 Å². The van der Waals surface area contributed by atoms with Gasteiger partial charge in [-0.2, -0.15) is 0 Å². The number of hydrogen-bond donors (Lipinski definition) is 0. The molecule has 7 aromatic rings. The van der Waals surface area contributed by atoms with Crippen molar-refractivity contribution in [3.05, 3.63) is 199 Å². The first-order chi connectivity index (χ1) is 27.8. The molecule has 3 heteroatoms. The van der Waals surface area contributed by atoms with Crippen LogP contribution in [0, 0.1) is 0 Å². The molecule has 3 atom stereocenters. The van der Waals surface area contributed by atoms with Crippen LogP contribution in [0.2, 0.25) is 0 Å². The van der Waals surface area contributed by atoms with Crippen molar-refractivity contribution < 1.29 is 0 Å². The topological polar surface area (TPSA) is 21.1 Å². The number of hydrogen-bond acceptors (Lipinski definition) is 2. The summed E-state index contributed by atoms with van der Waals surface area (Å²) in [5, 5.41) is 2.48. The summed E-state index contributed by atoms with van der Waals surface area (Å²) in [5.41, 5.74) is 14.8. The first-order valence-corrected chi connectivity index (χ1v) is 20.3. The van der Waals surface area contributed by atoms with Crippen molar-refractivity contribution in [2.24, 2.45) is 0 Å². The van der Waals surface area contributed by atoms with Crippen LogP contribution >= 0.6 is 0 Å². The van der Waals surface area contributed by atoms with Gasteiger partial charge in [-0.15, -0.1) is 0 Å². The average Bonchev–Trinajstić information content (AvgIpc) is 3.79. The van der Waals surface area contributed by atoms with Crippen molar-refractivity contribution in [2.45, 2.75) is 50.0 Å². The summed E-state index contributed by atoms with van der Waals surface area (Å²) >= 11 is 0. The second-order valence-corrected chi connectivity index (χ2v) is 15.7. The molecule has 0 N–H and O–H groups in total. The molecule has 270 valence electrons. The molecule has 3 heterocycles. The molecular formula is C53H43N3. The van der Waals surface area contributed by atoms with Gasteiger partial charge in [0.2, 0.25) is 0 Å². The van der Waals surface area contributed by atoms with E-state index in [1.165, 1.54) is 72.1 Å². The highest BCUT2D eigenvalue weighted by atomic mass is 15.2. The molecule has 0 amide bonds. The normalized spacial score (nSPS) is 19.8. The van der Waals surface area contributed by atoms with Gasteiger partial charge in [-0.1, -0.05) is 134 Å². The summed E-state index contributed by atoms with van der Waals surface area (Å²) in [5.74, 6) is 1.82. The summed E-state index contributed by atoms with van der Waals surface area (Å²) in [6.45, 7) is 0. The van der Waals surface area contributed by atoms with Crippen molar-refractivity contribution in [1.29, 1.82) is 0 Å². The van der Waals surface area contributed by atoms with Crippen LogP contribution < -0.4 is 4.90 Å². The quantitative estimate of drug-likeness (QED) is 0.159. The maximum atomic E-state index is 5.42. The van der Waals surface area contributed by atoms with Crippen LogP contribution in [0.3, 0.4) is 0 Å². The second kappa shape index (κ2) is 13.7. The number of fused-ring (bicyclic) bond motifs is 6. The van der Waals surface area contributed by atoms with E-state index >= 15 is 0 Å². The van der Waals surface area contributed by atoms with Gasteiger partial charge in [0.15, 0.2) is 0 Å². The smallest absolute Gasteiger partial charge is 0.138 e. The Morgan fingerprint density at radius 2 is 1.46 bits per heavy atom. The Kier molecular flexibility index (Phi) is 8.05. The standard InChI is InChI=1S/C53H43N3/c1-4-15-36(16-5-1)39-21-14-22-43(31-39)55-49-25-12-11-24-45(49)47-32-40(28-30-51(47)55)41-27-29-46-44-23-10-13-26-50(44)56(52(46)34-41)53-35-42(37-17-6-2-7-18-37)33-48(54-53)38-19-8-3-9-20-38/h1-2,4-8,10,12-15,17-23,25-36,45,49H,3,9,11,16,24H2. The minimum absolute atomic E-state index is 0.322. The number of nitrogens with zero attached hydrogens (tertiary/aromatic N) is 3. The van der Waals surface area contributed by atoms with E-state index < -0.39 is 0 Å².